The lowest BCUT2D eigenvalue weighted by Crippen LogP contribution is -2.23. The van der Waals surface area contributed by atoms with Gasteiger partial charge in [0.2, 0.25) is 0 Å². The minimum atomic E-state index is 0.432. The van der Waals surface area contributed by atoms with Gasteiger partial charge in [-0.2, -0.15) is 5.10 Å². The average molecular weight is 361 g/mol. The van der Waals surface area contributed by atoms with Gasteiger partial charge in [-0.05, 0) is 61.1 Å². The van der Waals surface area contributed by atoms with Crippen molar-refractivity contribution in [3.05, 3.63) is 90.0 Å². The maximum atomic E-state index is 5.81. The Labute approximate surface area is 158 Å². The molecule has 26 heavy (non-hydrogen) atoms. The van der Waals surface area contributed by atoms with Crippen LogP contribution in [0.25, 0.3) is 0 Å². The van der Waals surface area contributed by atoms with Crippen molar-refractivity contribution in [1.29, 1.82) is 0 Å². The van der Waals surface area contributed by atoms with Crippen molar-refractivity contribution >= 4 is 29.2 Å². The number of rotatable bonds is 5. The Morgan fingerprint density at radius 2 is 1.65 bits per heavy atom. The summed E-state index contributed by atoms with van der Waals surface area (Å²) in [4.78, 5) is 0. The Kier molecular flexibility index (Phi) is 5.96. The van der Waals surface area contributed by atoms with Crippen LogP contribution in [-0.2, 0) is 0 Å². The van der Waals surface area contributed by atoms with E-state index in [9.17, 15) is 0 Å². The maximum absolute atomic E-state index is 5.81. The van der Waals surface area contributed by atoms with E-state index in [0.717, 1.165) is 22.7 Å². The quantitative estimate of drug-likeness (QED) is 0.377. The van der Waals surface area contributed by atoms with Crippen molar-refractivity contribution in [3.63, 3.8) is 0 Å². The van der Waals surface area contributed by atoms with Gasteiger partial charge in [-0.25, -0.2) is 0 Å². The molecular weight excluding hydrogens is 342 g/mol. The second-order valence-corrected chi connectivity index (χ2v) is 6.09. The predicted molar refractivity (Wildman–Crippen MR) is 111 cm³/mol. The molecule has 4 nitrogen and oxygen atoms in total. The van der Waals surface area contributed by atoms with Gasteiger partial charge in [-0.15, -0.1) is 0 Å². The Bertz CT molecular complexity index is 893. The summed E-state index contributed by atoms with van der Waals surface area (Å²) in [6, 6.07) is 25.3. The van der Waals surface area contributed by atoms with Crippen LogP contribution >= 0.6 is 12.2 Å². The van der Waals surface area contributed by atoms with Crippen LogP contribution in [0.15, 0.2) is 84.0 Å². The zero-order valence-corrected chi connectivity index (χ0v) is 15.2. The molecule has 5 heteroatoms. The molecular formula is C21H19N3OS. The fourth-order valence-electron chi connectivity index (χ4n) is 2.24. The van der Waals surface area contributed by atoms with E-state index in [1.165, 1.54) is 5.56 Å². The van der Waals surface area contributed by atoms with Gasteiger partial charge >= 0.3 is 0 Å². The number of thiocarbonyl (C=S) groups is 1. The molecule has 0 unspecified atom stereocenters. The van der Waals surface area contributed by atoms with Crippen LogP contribution in [0.4, 0.5) is 5.69 Å². The van der Waals surface area contributed by atoms with E-state index in [1.54, 1.807) is 6.21 Å². The first-order chi connectivity index (χ1) is 12.7. The Hall–Kier alpha value is -3.18. The smallest absolute Gasteiger partial charge is 0.191 e. The molecule has 0 aliphatic carbocycles. The van der Waals surface area contributed by atoms with Gasteiger partial charge in [0.15, 0.2) is 5.11 Å². The number of aryl methyl sites for hydroxylation is 1. The molecule has 3 aromatic carbocycles. The Morgan fingerprint density at radius 3 is 2.42 bits per heavy atom. The summed E-state index contributed by atoms with van der Waals surface area (Å²) in [6.45, 7) is 2.04. The predicted octanol–water partition coefficient (Wildman–Crippen LogP) is 5.11. The van der Waals surface area contributed by atoms with Crippen molar-refractivity contribution in [2.24, 2.45) is 5.10 Å². The minimum absolute atomic E-state index is 0.432. The summed E-state index contributed by atoms with van der Waals surface area (Å²) in [7, 11) is 0. The summed E-state index contributed by atoms with van der Waals surface area (Å²) >= 11 is 5.24. The molecule has 0 amide bonds. The highest BCUT2D eigenvalue weighted by molar-refractivity contribution is 7.80. The van der Waals surface area contributed by atoms with E-state index in [1.807, 2.05) is 85.8 Å². The summed E-state index contributed by atoms with van der Waals surface area (Å²) in [5, 5.41) is 7.68. The number of ether oxygens (including phenoxy) is 1. The van der Waals surface area contributed by atoms with Crippen LogP contribution in [-0.4, -0.2) is 11.3 Å². The second kappa shape index (κ2) is 8.78. The SMILES string of the molecule is Cc1ccc(NC(=S)N/N=C/c2cccc(Oc3ccccc3)c2)cc1. The topological polar surface area (TPSA) is 45.7 Å². The molecule has 0 heterocycles. The van der Waals surface area contributed by atoms with Crippen molar-refractivity contribution < 1.29 is 4.74 Å². The van der Waals surface area contributed by atoms with Gasteiger partial charge in [0, 0.05) is 5.69 Å². The molecule has 0 saturated carbocycles. The maximum Gasteiger partial charge on any atom is 0.191 e. The monoisotopic (exact) mass is 361 g/mol. The Balaban J connectivity index is 1.55. The van der Waals surface area contributed by atoms with Gasteiger partial charge < -0.3 is 10.1 Å². The molecule has 0 saturated heterocycles. The molecule has 0 bridgehead atoms. The molecule has 3 aromatic rings. The fourth-order valence-corrected chi connectivity index (χ4v) is 2.41. The number of nitrogens with zero attached hydrogens (tertiary/aromatic N) is 1. The highest BCUT2D eigenvalue weighted by atomic mass is 32.1. The largest absolute Gasteiger partial charge is 0.457 e. The fraction of sp³-hybridized carbons (Fsp3) is 0.0476. The molecule has 0 aliphatic rings. The number of hydrogen-bond donors (Lipinski definition) is 2. The van der Waals surface area contributed by atoms with Gasteiger partial charge in [0.05, 0.1) is 6.21 Å². The standard InChI is InChI=1S/C21H19N3OS/c1-16-10-12-18(13-11-16)23-21(26)24-22-15-17-6-5-9-20(14-17)25-19-7-3-2-4-8-19/h2-15H,1H3,(H2,23,24,26)/b22-15+. The van der Waals surface area contributed by atoms with Crippen LogP contribution < -0.4 is 15.5 Å². The zero-order valence-electron chi connectivity index (χ0n) is 14.3. The number of hydrogen-bond acceptors (Lipinski definition) is 3. The summed E-state index contributed by atoms with van der Waals surface area (Å²) in [6.07, 6.45) is 1.70. The van der Waals surface area contributed by atoms with E-state index >= 15 is 0 Å². The first-order valence-electron chi connectivity index (χ1n) is 8.19. The normalized spacial score (nSPS) is 10.5. The first kappa shape index (κ1) is 17.6. The zero-order chi connectivity index (χ0) is 18.2. The lowest BCUT2D eigenvalue weighted by molar-refractivity contribution is 0.482. The highest BCUT2D eigenvalue weighted by Gasteiger charge is 1.98. The van der Waals surface area contributed by atoms with E-state index in [4.69, 9.17) is 17.0 Å². The highest BCUT2D eigenvalue weighted by Crippen LogP contribution is 2.21. The second-order valence-electron chi connectivity index (χ2n) is 5.68. The number of hydrazone groups is 1. The third kappa shape index (κ3) is 5.43. The van der Waals surface area contributed by atoms with Crippen LogP contribution in [0, 0.1) is 6.92 Å². The van der Waals surface area contributed by atoms with Gasteiger partial charge in [-0.3, -0.25) is 5.43 Å². The lowest BCUT2D eigenvalue weighted by Gasteiger charge is -2.07. The molecule has 0 fully saturated rings. The number of para-hydroxylation sites is 1. The summed E-state index contributed by atoms with van der Waals surface area (Å²) in [5.74, 6) is 1.55. The third-order valence-corrected chi connectivity index (χ3v) is 3.72. The van der Waals surface area contributed by atoms with E-state index in [-0.39, 0.29) is 0 Å². The Morgan fingerprint density at radius 1 is 0.923 bits per heavy atom. The van der Waals surface area contributed by atoms with Crippen molar-refractivity contribution in [1.82, 2.24) is 5.43 Å². The summed E-state index contributed by atoms with van der Waals surface area (Å²) < 4.78 is 5.81. The summed E-state index contributed by atoms with van der Waals surface area (Å²) in [5.41, 5.74) is 5.84. The van der Waals surface area contributed by atoms with E-state index in [2.05, 4.69) is 15.8 Å². The molecule has 3 rings (SSSR count). The van der Waals surface area contributed by atoms with Crippen molar-refractivity contribution in [2.75, 3.05) is 5.32 Å². The van der Waals surface area contributed by atoms with Gasteiger partial charge in [0.1, 0.15) is 11.5 Å². The van der Waals surface area contributed by atoms with E-state index in [0.29, 0.717) is 5.11 Å². The molecule has 0 aliphatic heterocycles. The minimum Gasteiger partial charge on any atom is -0.457 e. The molecule has 0 spiro atoms. The number of benzene rings is 3. The number of nitrogens with one attached hydrogen (secondary N) is 2. The molecule has 2 N–H and O–H groups in total. The first-order valence-corrected chi connectivity index (χ1v) is 8.59. The molecule has 0 aromatic heterocycles. The van der Waals surface area contributed by atoms with Crippen LogP contribution in [0.1, 0.15) is 11.1 Å². The molecule has 130 valence electrons. The van der Waals surface area contributed by atoms with Crippen molar-refractivity contribution in [3.8, 4) is 11.5 Å². The average Bonchev–Trinajstić information content (AvgIpc) is 2.65. The van der Waals surface area contributed by atoms with Crippen LogP contribution in [0.2, 0.25) is 0 Å². The van der Waals surface area contributed by atoms with Crippen molar-refractivity contribution in [2.45, 2.75) is 6.92 Å². The van der Waals surface area contributed by atoms with Crippen LogP contribution in [0.5, 0.6) is 11.5 Å². The van der Waals surface area contributed by atoms with E-state index < -0.39 is 0 Å². The van der Waals surface area contributed by atoms with Gasteiger partial charge in [-0.1, -0.05) is 48.0 Å². The van der Waals surface area contributed by atoms with Crippen LogP contribution in [0.3, 0.4) is 0 Å². The van der Waals surface area contributed by atoms with Gasteiger partial charge in [0.25, 0.3) is 0 Å². The molecule has 0 atom stereocenters. The molecule has 0 radical (unpaired) electrons. The lowest BCUT2D eigenvalue weighted by atomic mass is 10.2. The third-order valence-electron chi connectivity index (χ3n) is 3.53. The number of anilines is 1.